The third-order valence-electron chi connectivity index (χ3n) is 10.2. The maximum atomic E-state index is 13.5. The lowest BCUT2D eigenvalue weighted by Crippen LogP contribution is -2.40. The molecule has 0 fully saturated rings. The van der Waals surface area contributed by atoms with Crippen molar-refractivity contribution in [2.45, 2.75) is 30.2 Å². The van der Waals surface area contributed by atoms with E-state index in [9.17, 15) is 14.7 Å². The monoisotopic (exact) mass is 771 g/mol. The van der Waals surface area contributed by atoms with Crippen molar-refractivity contribution >= 4 is 23.5 Å². The highest BCUT2D eigenvalue weighted by molar-refractivity contribution is 5.96. The Bertz CT molecular complexity index is 2170. The minimum Gasteiger partial charge on any atom is -0.465 e. The first-order chi connectivity index (χ1) is 28.4. The molecule has 1 atom stereocenters. The maximum absolute atomic E-state index is 13.5. The predicted octanol–water partition coefficient (Wildman–Crippen LogP) is 8.25. The van der Waals surface area contributed by atoms with Gasteiger partial charge in [-0.1, -0.05) is 182 Å². The van der Waals surface area contributed by atoms with E-state index in [4.69, 9.17) is 14.9 Å². The van der Waals surface area contributed by atoms with E-state index in [-0.39, 0.29) is 26.1 Å². The quantitative estimate of drug-likeness (QED) is 0.0588. The molecule has 7 aromatic rings. The van der Waals surface area contributed by atoms with Gasteiger partial charge in [-0.05, 0) is 39.8 Å². The van der Waals surface area contributed by atoms with Crippen molar-refractivity contribution in [3.8, 4) is 0 Å². The number of carboxylic acid groups (broad SMARTS) is 1. The summed E-state index contributed by atoms with van der Waals surface area (Å²) in [6.45, 7) is 0.351. The Labute approximate surface area is 337 Å². The van der Waals surface area contributed by atoms with Crippen molar-refractivity contribution in [2.75, 3.05) is 23.8 Å². The Balaban J connectivity index is 1.32. The highest BCUT2D eigenvalue weighted by Crippen LogP contribution is 2.43. The van der Waals surface area contributed by atoms with Gasteiger partial charge in [-0.2, -0.15) is 5.10 Å². The number of aliphatic hydroxyl groups is 1. The molecule has 7 rings (SSSR count). The van der Waals surface area contributed by atoms with E-state index in [0.717, 1.165) is 33.4 Å². The fraction of sp³-hybridized carbons (Fsp3) is 0.146. The fourth-order valence-corrected chi connectivity index (χ4v) is 7.45. The summed E-state index contributed by atoms with van der Waals surface area (Å²) in [6.07, 6.45) is -1.30. The molecule has 2 amide bonds. The average molecular weight is 772 g/mol. The van der Waals surface area contributed by atoms with E-state index < -0.39 is 29.2 Å². The van der Waals surface area contributed by atoms with E-state index in [2.05, 4.69) is 88.7 Å². The van der Waals surface area contributed by atoms with Gasteiger partial charge in [-0.15, -0.1) is 0 Å². The van der Waals surface area contributed by atoms with Crippen LogP contribution in [0, 0.1) is 0 Å². The smallest absolute Gasteiger partial charge is 0.404 e. The first kappa shape index (κ1) is 39.2. The number of carbonyl (C=O) groups excluding carboxylic acids is 1. The van der Waals surface area contributed by atoms with Crippen LogP contribution in [-0.4, -0.2) is 51.2 Å². The molecule has 0 unspecified atom stereocenters. The number of nitrogens with one attached hydrogen (secondary N) is 3. The Morgan fingerprint density at radius 2 is 1.02 bits per heavy atom. The number of aliphatic hydroxyl groups excluding tert-OH is 1. The molecule has 1 heterocycles. The number of anilines is 2. The van der Waals surface area contributed by atoms with Crippen LogP contribution in [0.25, 0.3) is 0 Å². The topological polar surface area (TPSA) is 138 Å². The molecule has 0 aliphatic rings. The normalized spacial score (nSPS) is 12.0. The molecule has 0 radical (unpaired) electrons. The van der Waals surface area contributed by atoms with Gasteiger partial charge in [0.2, 0.25) is 0 Å². The van der Waals surface area contributed by atoms with E-state index in [0.29, 0.717) is 11.5 Å². The molecule has 0 spiro atoms. The Hall–Kier alpha value is -7.01. The van der Waals surface area contributed by atoms with Gasteiger partial charge in [0.05, 0.1) is 19.3 Å². The van der Waals surface area contributed by atoms with Gasteiger partial charge in [0.25, 0.3) is 5.91 Å². The van der Waals surface area contributed by atoms with Crippen molar-refractivity contribution in [2.24, 2.45) is 0 Å². The molecule has 6 aromatic carbocycles. The number of hydrogen-bond acceptors (Lipinski definition) is 6. The Morgan fingerprint density at radius 3 is 1.41 bits per heavy atom. The van der Waals surface area contributed by atoms with Crippen LogP contribution in [0.2, 0.25) is 0 Å². The van der Waals surface area contributed by atoms with Crippen LogP contribution in [0.15, 0.2) is 188 Å². The second-order valence-electron chi connectivity index (χ2n) is 13.8. The Kier molecular flexibility index (Phi) is 12.4. The first-order valence-electron chi connectivity index (χ1n) is 19.2. The summed E-state index contributed by atoms with van der Waals surface area (Å²) in [5, 5.41) is 33.6. The number of benzene rings is 6. The standard InChI is InChI=1S/C48H45N5O5/c54-43(31-32-49-46(56)57)45(55)51-42-35-50-53(33-34-58-48(39-25-13-4-14-26-39,40-27-15-5-16-28-40)41-29-17-6-18-30-41)44(42)52-47(36-19-7-1-8-20-36,37-21-9-2-10-22-37)38-23-11-3-12-24-38/h1-30,35,43,49,52,54H,31-34H2,(H,51,55)(H,56,57)/t43-/m0/s1. The number of ether oxygens (including phenoxy) is 1. The third kappa shape index (κ3) is 8.39. The second kappa shape index (κ2) is 18.3. The number of amides is 2. The Morgan fingerprint density at radius 1 is 0.621 bits per heavy atom. The van der Waals surface area contributed by atoms with Crippen LogP contribution in [-0.2, 0) is 27.2 Å². The molecule has 0 saturated carbocycles. The molecular formula is C48H45N5O5. The number of hydrogen-bond donors (Lipinski definition) is 5. The van der Waals surface area contributed by atoms with Gasteiger partial charge in [-0.3, -0.25) is 4.79 Å². The summed E-state index contributed by atoms with van der Waals surface area (Å²) < 4.78 is 8.92. The summed E-state index contributed by atoms with van der Waals surface area (Å²) >= 11 is 0. The number of aromatic nitrogens is 2. The summed E-state index contributed by atoms with van der Waals surface area (Å²) in [5.74, 6) is -0.235. The highest BCUT2D eigenvalue weighted by Gasteiger charge is 2.40. The van der Waals surface area contributed by atoms with E-state index in [1.54, 1.807) is 10.9 Å². The predicted molar refractivity (Wildman–Crippen MR) is 225 cm³/mol. The molecule has 0 aliphatic heterocycles. The van der Waals surface area contributed by atoms with Gasteiger partial charge in [-0.25, -0.2) is 9.48 Å². The van der Waals surface area contributed by atoms with Gasteiger partial charge >= 0.3 is 6.09 Å². The lowest BCUT2D eigenvalue weighted by molar-refractivity contribution is -0.124. The van der Waals surface area contributed by atoms with Crippen molar-refractivity contribution in [3.05, 3.63) is 222 Å². The zero-order chi connectivity index (χ0) is 40.2. The first-order valence-corrected chi connectivity index (χ1v) is 19.2. The second-order valence-corrected chi connectivity index (χ2v) is 13.8. The number of rotatable bonds is 17. The van der Waals surface area contributed by atoms with Gasteiger partial charge in [0, 0.05) is 6.54 Å². The molecular weight excluding hydrogens is 727 g/mol. The minimum atomic E-state index is -1.49. The van der Waals surface area contributed by atoms with E-state index in [1.165, 1.54) is 0 Å². The third-order valence-corrected chi connectivity index (χ3v) is 10.2. The number of nitrogens with zero attached hydrogens (tertiary/aromatic N) is 2. The van der Waals surface area contributed by atoms with Gasteiger partial charge in [0.1, 0.15) is 28.7 Å². The SMILES string of the molecule is O=C(O)NCC[C@H](O)C(=O)Nc1cnn(CCOC(c2ccccc2)(c2ccccc2)c2ccccc2)c1NC(c1ccccc1)(c1ccccc1)c1ccccc1. The largest absolute Gasteiger partial charge is 0.465 e. The highest BCUT2D eigenvalue weighted by atomic mass is 16.5. The molecule has 1 aromatic heterocycles. The summed E-state index contributed by atoms with van der Waals surface area (Å²) in [4.78, 5) is 24.6. The fourth-order valence-electron chi connectivity index (χ4n) is 7.45. The summed E-state index contributed by atoms with van der Waals surface area (Å²) in [6, 6.07) is 60.6. The zero-order valence-electron chi connectivity index (χ0n) is 31.8. The van der Waals surface area contributed by atoms with Crippen LogP contribution in [0.3, 0.4) is 0 Å². The summed E-state index contributed by atoms with van der Waals surface area (Å²) in [5.41, 5.74) is 4.04. The van der Waals surface area contributed by atoms with Crippen molar-refractivity contribution in [1.82, 2.24) is 15.1 Å². The van der Waals surface area contributed by atoms with Crippen molar-refractivity contribution in [3.63, 3.8) is 0 Å². The van der Waals surface area contributed by atoms with Crippen molar-refractivity contribution in [1.29, 1.82) is 0 Å². The van der Waals surface area contributed by atoms with Crippen molar-refractivity contribution < 1.29 is 24.5 Å². The maximum Gasteiger partial charge on any atom is 0.404 e. The molecule has 0 saturated heterocycles. The summed E-state index contributed by atoms with van der Waals surface area (Å²) in [7, 11) is 0. The average Bonchev–Trinajstić information content (AvgIpc) is 3.65. The lowest BCUT2D eigenvalue weighted by atomic mass is 9.77. The zero-order valence-corrected chi connectivity index (χ0v) is 31.8. The van der Waals surface area contributed by atoms with E-state index >= 15 is 0 Å². The van der Waals surface area contributed by atoms with E-state index in [1.807, 2.05) is 109 Å². The molecule has 0 aliphatic carbocycles. The number of carbonyl (C=O) groups is 2. The van der Waals surface area contributed by atoms with Crippen LogP contribution in [0.4, 0.5) is 16.3 Å². The van der Waals surface area contributed by atoms with Crippen LogP contribution in [0.1, 0.15) is 39.8 Å². The molecule has 0 bridgehead atoms. The van der Waals surface area contributed by atoms with Crippen LogP contribution in [0.5, 0.6) is 0 Å². The van der Waals surface area contributed by atoms with Crippen LogP contribution < -0.4 is 16.0 Å². The van der Waals surface area contributed by atoms with Crippen LogP contribution >= 0.6 is 0 Å². The minimum absolute atomic E-state index is 0.100. The lowest BCUT2D eigenvalue weighted by Gasteiger charge is -2.38. The van der Waals surface area contributed by atoms with Gasteiger partial charge < -0.3 is 30.9 Å². The molecule has 10 heteroatoms. The molecule has 5 N–H and O–H groups in total. The molecule has 58 heavy (non-hydrogen) atoms. The molecule has 10 nitrogen and oxygen atoms in total. The van der Waals surface area contributed by atoms with Gasteiger partial charge in [0.15, 0.2) is 0 Å². The molecule has 292 valence electrons.